The maximum absolute atomic E-state index is 6.15. The Labute approximate surface area is 146 Å². The first-order valence-electron chi connectivity index (χ1n) is 8.37. The molecule has 126 valence electrons. The van der Waals surface area contributed by atoms with E-state index in [2.05, 4.69) is 15.1 Å². The number of nitrogens with zero attached hydrogens (tertiary/aromatic N) is 4. The molecule has 2 aromatic heterocycles. The molecule has 0 bridgehead atoms. The fourth-order valence-electron chi connectivity index (χ4n) is 2.91. The second-order valence-electron chi connectivity index (χ2n) is 5.38. The Bertz CT molecular complexity index is 797. The van der Waals surface area contributed by atoms with Crippen LogP contribution in [-0.4, -0.2) is 33.0 Å². The SMILES string of the molecule is CC.Clc1nc(-c2ccccc2)c2cnn(C3CCOCC3)c2n1. The number of halogens is 1. The van der Waals surface area contributed by atoms with Crippen molar-refractivity contribution in [3.63, 3.8) is 0 Å². The molecule has 5 nitrogen and oxygen atoms in total. The monoisotopic (exact) mass is 344 g/mol. The average Bonchev–Trinajstić information content (AvgIpc) is 3.08. The molecule has 3 aromatic rings. The van der Waals surface area contributed by atoms with Gasteiger partial charge in [0.2, 0.25) is 5.28 Å². The van der Waals surface area contributed by atoms with Crippen molar-refractivity contribution in [2.45, 2.75) is 32.7 Å². The van der Waals surface area contributed by atoms with Crippen molar-refractivity contribution in [2.75, 3.05) is 13.2 Å². The van der Waals surface area contributed by atoms with Crippen molar-refractivity contribution in [3.8, 4) is 11.3 Å². The van der Waals surface area contributed by atoms with E-state index in [1.165, 1.54) is 0 Å². The molecular formula is C18H21ClN4O. The van der Waals surface area contributed by atoms with Crippen LogP contribution in [0.3, 0.4) is 0 Å². The van der Waals surface area contributed by atoms with Gasteiger partial charge in [-0.05, 0) is 24.4 Å². The Morgan fingerprint density at radius 1 is 1.08 bits per heavy atom. The predicted molar refractivity (Wildman–Crippen MR) is 96.2 cm³/mol. The highest BCUT2D eigenvalue weighted by Gasteiger charge is 2.21. The van der Waals surface area contributed by atoms with Gasteiger partial charge in [0, 0.05) is 18.8 Å². The van der Waals surface area contributed by atoms with Crippen molar-refractivity contribution in [2.24, 2.45) is 0 Å². The number of rotatable bonds is 2. The molecule has 1 aromatic carbocycles. The summed E-state index contributed by atoms with van der Waals surface area (Å²) in [6.07, 6.45) is 3.72. The van der Waals surface area contributed by atoms with Crippen LogP contribution >= 0.6 is 11.6 Å². The highest BCUT2D eigenvalue weighted by Crippen LogP contribution is 2.30. The fourth-order valence-corrected chi connectivity index (χ4v) is 3.08. The maximum atomic E-state index is 6.15. The van der Waals surface area contributed by atoms with Crippen molar-refractivity contribution in [1.29, 1.82) is 0 Å². The summed E-state index contributed by atoms with van der Waals surface area (Å²) >= 11 is 6.15. The molecule has 0 amide bonds. The van der Waals surface area contributed by atoms with Crippen LogP contribution in [0.2, 0.25) is 5.28 Å². The first kappa shape index (κ1) is 16.9. The second kappa shape index (κ2) is 7.73. The first-order chi connectivity index (χ1) is 11.8. The van der Waals surface area contributed by atoms with Gasteiger partial charge in [-0.15, -0.1) is 0 Å². The lowest BCUT2D eigenvalue weighted by atomic mass is 10.1. The van der Waals surface area contributed by atoms with E-state index < -0.39 is 0 Å². The van der Waals surface area contributed by atoms with Crippen LogP contribution in [0.1, 0.15) is 32.7 Å². The molecule has 1 saturated heterocycles. The van der Waals surface area contributed by atoms with Crippen LogP contribution in [0.25, 0.3) is 22.3 Å². The quantitative estimate of drug-likeness (QED) is 0.641. The molecule has 1 aliphatic rings. The maximum Gasteiger partial charge on any atom is 0.225 e. The normalized spacial score (nSPS) is 15.1. The Morgan fingerprint density at radius 2 is 1.79 bits per heavy atom. The van der Waals surface area contributed by atoms with E-state index >= 15 is 0 Å². The van der Waals surface area contributed by atoms with Crippen LogP contribution in [0, 0.1) is 0 Å². The van der Waals surface area contributed by atoms with Crippen LogP contribution in [0.4, 0.5) is 0 Å². The molecule has 3 heterocycles. The van der Waals surface area contributed by atoms with E-state index in [4.69, 9.17) is 16.3 Å². The van der Waals surface area contributed by atoms with Crippen LogP contribution < -0.4 is 0 Å². The molecule has 0 unspecified atom stereocenters. The van der Waals surface area contributed by atoms with Crippen molar-refractivity contribution in [1.82, 2.24) is 19.7 Å². The molecule has 0 radical (unpaired) electrons. The van der Waals surface area contributed by atoms with Gasteiger partial charge in [0.25, 0.3) is 0 Å². The van der Waals surface area contributed by atoms with E-state index in [9.17, 15) is 0 Å². The van der Waals surface area contributed by atoms with E-state index in [1.807, 2.05) is 55.1 Å². The molecule has 6 heteroatoms. The molecule has 0 atom stereocenters. The van der Waals surface area contributed by atoms with Crippen molar-refractivity contribution < 1.29 is 4.74 Å². The Balaban J connectivity index is 0.000000815. The predicted octanol–water partition coefficient (Wildman–Crippen LogP) is 4.52. The zero-order valence-electron chi connectivity index (χ0n) is 13.9. The summed E-state index contributed by atoms with van der Waals surface area (Å²) in [7, 11) is 0. The standard InChI is InChI=1S/C16H15ClN4O.C2H6/c17-16-19-14(11-4-2-1-3-5-11)13-10-18-21(15(13)20-16)12-6-8-22-9-7-12;1-2/h1-5,10,12H,6-9H2;1-2H3. The summed E-state index contributed by atoms with van der Waals surface area (Å²) < 4.78 is 7.40. The minimum absolute atomic E-state index is 0.250. The molecule has 0 aliphatic carbocycles. The molecule has 0 spiro atoms. The van der Waals surface area contributed by atoms with Gasteiger partial charge in [-0.2, -0.15) is 10.1 Å². The van der Waals surface area contributed by atoms with Gasteiger partial charge in [-0.3, -0.25) is 0 Å². The number of hydrogen-bond acceptors (Lipinski definition) is 4. The number of aromatic nitrogens is 4. The lowest BCUT2D eigenvalue weighted by Crippen LogP contribution is -2.20. The summed E-state index contributed by atoms with van der Waals surface area (Å²) in [6.45, 7) is 5.52. The van der Waals surface area contributed by atoms with Crippen molar-refractivity contribution in [3.05, 3.63) is 41.8 Å². The summed E-state index contributed by atoms with van der Waals surface area (Å²) in [5.74, 6) is 0. The fraction of sp³-hybridized carbons (Fsp3) is 0.389. The third-order valence-corrected chi connectivity index (χ3v) is 4.18. The zero-order chi connectivity index (χ0) is 16.9. The molecule has 1 aliphatic heterocycles. The minimum atomic E-state index is 0.250. The third-order valence-electron chi connectivity index (χ3n) is 4.01. The van der Waals surface area contributed by atoms with Gasteiger partial charge in [0.1, 0.15) is 0 Å². The molecule has 24 heavy (non-hydrogen) atoms. The van der Waals surface area contributed by atoms with Crippen molar-refractivity contribution >= 4 is 22.6 Å². The third kappa shape index (κ3) is 3.28. The smallest absolute Gasteiger partial charge is 0.225 e. The molecule has 1 fully saturated rings. The average molecular weight is 345 g/mol. The molecule has 0 N–H and O–H groups in total. The second-order valence-corrected chi connectivity index (χ2v) is 5.72. The summed E-state index contributed by atoms with van der Waals surface area (Å²) in [6, 6.07) is 10.3. The summed E-state index contributed by atoms with van der Waals surface area (Å²) in [5.41, 5.74) is 2.64. The van der Waals surface area contributed by atoms with Crippen LogP contribution in [0.5, 0.6) is 0 Å². The minimum Gasteiger partial charge on any atom is -0.381 e. The Hall–Kier alpha value is -1.98. The van der Waals surface area contributed by atoms with Crippen LogP contribution in [0.15, 0.2) is 36.5 Å². The lowest BCUT2D eigenvalue weighted by Gasteiger charge is -2.22. The summed E-state index contributed by atoms with van der Waals surface area (Å²) in [4.78, 5) is 8.82. The van der Waals surface area contributed by atoms with Gasteiger partial charge in [-0.25, -0.2) is 9.67 Å². The van der Waals surface area contributed by atoms with Gasteiger partial charge >= 0.3 is 0 Å². The highest BCUT2D eigenvalue weighted by atomic mass is 35.5. The van der Waals surface area contributed by atoms with E-state index in [0.717, 1.165) is 48.3 Å². The molecule has 0 saturated carbocycles. The largest absolute Gasteiger partial charge is 0.381 e. The van der Waals surface area contributed by atoms with E-state index in [1.54, 1.807) is 0 Å². The number of fused-ring (bicyclic) bond motifs is 1. The molecular weight excluding hydrogens is 324 g/mol. The van der Waals surface area contributed by atoms with Crippen LogP contribution in [-0.2, 0) is 4.74 Å². The van der Waals surface area contributed by atoms with E-state index in [-0.39, 0.29) is 5.28 Å². The molecule has 4 rings (SSSR count). The number of hydrogen-bond donors (Lipinski definition) is 0. The van der Waals surface area contributed by atoms with Gasteiger partial charge < -0.3 is 4.74 Å². The zero-order valence-corrected chi connectivity index (χ0v) is 14.7. The van der Waals surface area contributed by atoms with E-state index in [0.29, 0.717) is 6.04 Å². The topological polar surface area (TPSA) is 52.8 Å². The summed E-state index contributed by atoms with van der Waals surface area (Å²) in [5, 5.41) is 5.73. The highest BCUT2D eigenvalue weighted by molar-refractivity contribution is 6.28. The lowest BCUT2D eigenvalue weighted by molar-refractivity contribution is 0.0673. The Kier molecular flexibility index (Phi) is 5.43. The van der Waals surface area contributed by atoms with Gasteiger partial charge in [-0.1, -0.05) is 44.2 Å². The Morgan fingerprint density at radius 3 is 2.50 bits per heavy atom. The number of ether oxygens (including phenoxy) is 1. The van der Waals surface area contributed by atoms with Gasteiger partial charge in [0.05, 0.1) is 23.3 Å². The van der Waals surface area contributed by atoms with Gasteiger partial charge in [0.15, 0.2) is 5.65 Å². The first-order valence-corrected chi connectivity index (χ1v) is 8.74. The number of benzene rings is 1.